The fourth-order valence-electron chi connectivity index (χ4n) is 8.31. The fraction of sp³-hybridized carbons (Fsp3) is 0. The molecule has 0 radical (unpaired) electrons. The molecule has 5 heteroatoms. The van der Waals surface area contributed by atoms with Crippen molar-refractivity contribution in [2.24, 2.45) is 0 Å². The summed E-state index contributed by atoms with van der Waals surface area (Å²) in [6, 6.07) is 70.6. The van der Waals surface area contributed by atoms with Crippen LogP contribution in [0.5, 0.6) is 0 Å². The maximum atomic E-state index is 5.20. The second-order valence-corrected chi connectivity index (χ2v) is 14.0. The van der Waals surface area contributed by atoms with E-state index in [0.29, 0.717) is 17.6 Å². The van der Waals surface area contributed by atoms with Gasteiger partial charge in [0.15, 0.2) is 11.6 Å². The van der Waals surface area contributed by atoms with E-state index in [2.05, 4.69) is 179 Å². The zero-order chi connectivity index (χ0) is 37.0. The van der Waals surface area contributed by atoms with Crippen molar-refractivity contribution in [2.45, 2.75) is 0 Å². The molecule has 0 atom stereocenters. The van der Waals surface area contributed by atoms with Crippen molar-refractivity contribution >= 4 is 65.2 Å². The van der Waals surface area contributed by atoms with Crippen LogP contribution in [0, 0.1) is 0 Å². The first-order valence-corrected chi connectivity index (χ1v) is 18.9. The van der Waals surface area contributed by atoms with Crippen LogP contribution in [0.15, 0.2) is 200 Å². The fourth-order valence-corrected chi connectivity index (χ4v) is 8.31. The van der Waals surface area contributed by atoms with Crippen molar-refractivity contribution in [2.75, 3.05) is 0 Å². The highest BCUT2D eigenvalue weighted by Crippen LogP contribution is 2.35. The van der Waals surface area contributed by atoms with Gasteiger partial charge in [0.1, 0.15) is 0 Å². The molecule has 0 aliphatic carbocycles. The monoisotopic (exact) mass is 715 g/mol. The van der Waals surface area contributed by atoms with Gasteiger partial charge < -0.3 is 4.57 Å². The molecule has 56 heavy (non-hydrogen) atoms. The smallest absolute Gasteiger partial charge is 0.238 e. The van der Waals surface area contributed by atoms with Crippen LogP contribution in [-0.2, 0) is 0 Å². The van der Waals surface area contributed by atoms with E-state index in [-0.39, 0.29) is 0 Å². The van der Waals surface area contributed by atoms with Gasteiger partial charge in [-0.3, -0.25) is 4.57 Å². The van der Waals surface area contributed by atoms with Gasteiger partial charge in [-0.15, -0.1) is 0 Å². The van der Waals surface area contributed by atoms with Crippen molar-refractivity contribution < 1.29 is 0 Å². The average Bonchev–Trinajstić information content (AvgIpc) is 3.63. The number of nitrogens with zero attached hydrogens (tertiary/aromatic N) is 5. The molecule has 11 aromatic rings. The van der Waals surface area contributed by atoms with E-state index >= 15 is 0 Å². The first-order chi connectivity index (χ1) is 27.8. The zero-order valence-corrected chi connectivity index (χ0v) is 30.3. The third-order valence-electron chi connectivity index (χ3n) is 10.8. The highest BCUT2D eigenvalue weighted by atomic mass is 15.2. The van der Waals surface area contributed by atoms with Gasteiger partial charge in [-0.25, -0.2) is 4.98 Å². The largest absolute Gasteiger partial charge is 0.309 e. The molecular weight excluding hydrogens is 683 g/mol. The molecule has 0 fully saturated rings. The quantitative estimate of drug-likeness (QED) is 0.182. The second kappa shape index (κ2) is 13.0. The molecule has 0 spiro atoms. The van der Waals surface area contributed by atoms with Crippen LogP contribution in [0.2, 0.25) is 0 Å². The molecule has 0 saturated carbocycles. The van der Waals surface area contributed by atoms with Crippen molar-refractivity contribution in [1.82, 2.24) is 24.1 Å². The summed E-state index contributed by atoms with van der Waals surface area (Å²) in [5.41, 5.74) is 7.17. The maximum Gasteiger partial charge on any atom is 0.238 e. The lowest BCUT2D eigenvalue weighted by Crippen LogP contribution is -2.06. The Kier molecular flexibility index (Phi) is 7.42. The summed E-state index contributed by atoms with van der Waals surface area (Å²) in [5, 5.41) is 9.47. The highest BCUT2D eigenvalue weighted by molar-refractivity contribution is 6.19. The Hall–Kier alpha value is -7.63. The average molecular weight is 716 g/mol. The van der Waals surface area contributed by atoms with E-state index in [9.17, 15) is 0 Å². The molecule has 3 aromatic heterocycles. The van der Waals surface area contributed by atoms with E-state index < -0.39 is 0 Å². The number of hydrogen-bond acceptors (Lipinski definition) is 3. The maximum absolute atomic E-state index is 5.20. The number of benzene rings is 8. The Morgan fingerprint density at radius 1 is 0.250 bits per heavy atom. The lowest BCUT2D eigenvalue weighted by atomic mass is 10.0. The lowest BCUT2D eigenvalue weighted by molar-refractivity contribution is 0.953. The third-order valence-corrected chi connectivity index (χ3v) is 10.8. The number of fused-ring (bicyclic) bond motifs is 10. The number of para-hydroxylation sites is 4. The van der Waals surface area contributed by atoms with E-state index in [1.54, 1.807) is 0 Å². The van der Waals surface area contributed by atoms with Gasteiger partial charge in [0.05, 0.1) is 22.1 Å². The molecule has 11 rings (SSSR count). The number of hydrogen-bond donors (Lipinski definition) is 0. The van der Waals surface area contributed by atoms with Crippen LogP contribution < -0.4 is 0 Å². The molecule has 262 valence electrons. The van der Waals surface area contributed by atoms with Gasteiger partial charge >= 0.3 is 0 Å². The lowest BCUT2D eigenvalue weighted by Gasteiger charge is -2.15. The molecule has 3 heterocycles. The van der Waals surface area contributed by atoms with Crippen LogP contribution in [0.1, 0.15) is 0 Å². The standard InChI is InChI=1S/C51H33N5/c1-2-16-34(17-3-1)49-52-50(54-51(53-49)56-47-28-14-10-24-43(47)44-25-11-15-29-48(44)56)35-30-32-36(33-31-35)55-45-26-12-8-22-41(45)39-20-6-4-18-37(39)38-19-5-7-21-40(38)42-23-9-13-27-46(42)55/h1-33H. The van der Waals surface area contributed by atoms with Crippen molar-refractivity contribution in [3.63, 3.8) is 0 Å². The Morgan fingerprint density at radius 3 is 1.02 bits per heavy atom. The molecule has 0 N–H and O–H groups in total. The molecule has 0 aliphatic rings. The highest BCUT2D eigenvalue weighted by Gasteiger charge is 2.18. The minimum Gasteiger partial charge on any atom is -0.309 e. The van der Waals surface area contributed by atoms with E-state index in [1.807, 2.05) is 30.3 Å². The summed E-state index contributed by atoms with van der Waals surface area (Å²) in [6.45, 7) is 0. The van der Waals surface area contributed by atoms with Crippen molar-refractivity contribution in [3.05, 3.63) is 200 Å². The molecule has 0 amide bonds. The summed E-state index contributed by atoms with van der Waals surface area (Å²) in [7, 11) is 0. The molecule has 0 bridgehead atoms. The van der Waals surface area contributed by atoms with Gasteiger partial charge in [-0.1, -0.05) is 152 Å². The van der Waals surface area contributed by atoms with Gasteiger partial charge in [0, 0.05) is 38.4 Å². The molecule has 0 aliphatic heterocycles. The minimum absolute atomic E-state index is 0.579. The summed E-state index contributed by atoms with van der Waals surface area (Å²) in [5.74, 6) is 1.81. The third kappa shape index (κ3) is 5.13. The van der Waals surface area contributed by atoms with Crippen molar-refractivity contribution in [3.8, 4) is 34.4 Å². The number of rotatable bonds is 4. The SMILES string of the molecule is c1ccc(-c2nc(-c3ccc(-n4c5ccccc5c5ccccc5c5ccccc5c5ccccc54)cc3)nc(-n3c4ccccc4c4ccccc43)n2)cc1. The minimum atomic E-state index is 0.579. The summed E-state index contributed by atoms with van der Waals surface area (Å²) in [6.07, 6.45) is 0. The van der Waals surface area contributed by atoms with Gasteiger partial charge in [-0.05, 0) is 70.1 Å². The Balaban J connectivity index is 1.17. The van der Waals surface area contributed by atoms with E-state index in [1.165, 1.54) is 32.3 Å². The summed E-state index contributed by atoms with van der Waals surface area (Å²) < 4.78 is 4.54. The van der Waals surface area contributed by atoms with Crippen LogP contribution in [-0.4, -0.2) is 24.1 Å². The number of aromatic nitrogens is 5. The van der Waals surface area contributed by atoms with Crippen LogP contribution in [0.4, 0.5) is 0 Å². The molecule has 8 aromatic carbocycles. The topological polar surface area (TPSA) is 48.5 Å². The predicted molar refractivity (Wildman–Crippen MR) is 232 cm³/mol. The van der Waals surface area contributed by atoms with Gasteiger partial charge in [0.2, 0.25) is 5.95 Å². The molecule has 0 unspecified atom stereocenters. The first-order valence-electron chi connectivity index (χ1n) is 18.9. The van der Waals surface area contributed by atoms with E-state index in [0.717, 1.165) is 49.7 Å². The van der Waals surface area contributed by atoms with Gasteiger partial charge in [0.25, 0.3) is 0 Å². The van der Waals surface area contributed by atoms with Crippen LogP contribution in [0.25, 0.3) is 99.6 Å². The second-order valence-electron chi connectivity index (χ2n) is 14.0. The first kappa shape index (κ1) is 31.9. The summed E-state index contributed by atoms with van der Waals surface area (Å²) >= 11 is 0. The van der Waals surface area contributed by atoms with Crippen LogP contribution in [0.3, 0.4) is 0 Å². The molecular formula is C51H33N5. The van der Waals surface area contributed by atoms with Crippen LogP contribution >= 0.6 is 0 Å². The van der Waals surface area contributed by atoms with E-state index in [4.69, 9.17) is 15.0 Å². The Bertz CT molecular complexity index is 3200. The van der Waals surface area contributed by atoms with Gasteiger partial charge in [-0.2, -0.15) is 9.97 Å². The Morgan fingerprint density at radius 2 is 0.571 bits per heavy atom. The predicted octanol–water partition coefficient (Wildman–Crippen LogP) is 12.8. The zero-order valence-electron chi connectivity index (χ0n) is 30.3. The Labute approximate surface area is 322 Å². The van der Waals surface area contributed by atoms with Crippen molar-refractivity contribution in [1.29, 1.82) is 0 Å². The normalized spacial score (nSPS) is 11.6. The summed E-state index contributed by atoms with van der Waals surface area (Å²) in [4.78, 5) is 15.4. The molecule has 5 nitrogen and oxygen atoms in total. The molecule has 0 saturated heterocycles.